The Bertz CT molecular complexity index is 1230. The molecule has 0 unspecified atom stereocenters. The molecule has 2 amide bonds. The lowest BCUT2D eigenvalue weighted by Crippen LogP contribution is -2.35. The molecule has 0 heterocycles. The van der Waals surface area contributed by atoms with E-state index in [1.165, 1.54) is 36.4 Å². The van der Waals surface area contributed by atoms with E-state index in [1.54, 1.807) is 37.3 Å². The van der Waals surface area contributed by atoms with Gasteiger partial charge in [0, 0.05) is 24.2 Å². The SMILES string of the molecule is Cc1ccc(S(=O)(=O)Nc2ccccc2F)cc1C(=O)NCCNC(=O)c1ccccc1. The van der Waals surface area contributed by atoms with Crippen molar-refractivity contribution < 1.29 is 22.4 Å². The highest BCUT2D eigenvalue weighted by Gasteiger charge is 2.19. The highest BCUT2D eigenvalue weighted by Crippen LogP contribution is 2.21. The number of hydrogen-bond donors (Lipinski definition) is 3. The molecule has 0 aromatic heterocycles. The number of anilines is 1. The van der Waals surface area contributed by atoms with E-state index >= 15 is 0 Å². The van der Waals surface area contributed by atoms with Gasteiger partial charge in [-0.05, 0) is 48.9 Å². The average Bonchev–Trinajstić information content (AvgIpc) is 2.78. The fraction of sp³-hybridized carbons (Fsp3) is 0.130. The van der Waals surface area contributed by atoms with Crippen LogP contribution in [0, 0.1) is 12.7 Å². The van der Waals surface area contributed by atoms with Gasteiger partial charge in [-0.1, -0.05) is 36.4 Å². The van der Waals surface area contributed by atoms with Gasteiger partial charge < -0.3 is 10.6 Å². The van der Waals surface area contributed by atoms with E-state index in [-0.39, 0.29) is 35.1 Å². The Labute approximate surface area is 185 Å². The monoisotopic (exact) mass is 455 g/mol. The molecule has 0 aliphatic rings. The van der Waals surface area contributed by atoms with Gasteiger partial charge in [0.25, 0.3) is 21.8 Å². The Kier molecular flexibility index (Phi) is 7.21. The fourth-order valence-electron chi connectivity index (χ4n) is 2.90. The second kappa shape index (κ2) is 10.1. The molecule has 0 saturated heterocycles. The molecule has 32 heavy (non-hydrogen) atoms. The van der Waals surface area contributed by atoms with Crippen LogP contribution >= 0.6 is 0 Å². The van der Waals surface area contributed by atoms with Crippen LogP contribution in [-0.2, 0) is 10.0 Å². The number of benzene rings is 3. The average molecular weight is 456 g/mol. The maximum atomic E-state index is 13.8. The van der Waals surface area contributed by atoms with E-state index in [9.17, 15) is 22.4 Å². The van der Waals surface area contributed by atoms with E-state index in [1.807, 2.05) is 0 Å². The third-order valence-corrected chi connectivity index (χ3v) is 5.98. The van der Waals surface area contributed by atoms with Gasteiger partial charge >= 0.3 is 0 Å². The second-order valence-electron chi connectivity index (χ2n) is 6.94. The van der Waals surface area contributed by atoms with Crippen LogP contribution in [0.25, 0.3) is 0 Å². The Hall–Kier alpha value is -3.72. The normalized spacial score (nSPS) is 10.9. The molecule has 7 nitrogen and oxygen atoms in total. The van der Waals surface area contributed by atoms with Crippen molar-refractivity contribution >= 4 is 27.5 Å². The fourth-order valence-corrected chi connectivity index (χ4v) is 3.99. The molecule has 0 radical (unpaired) electrons. The first kappa shape index (κ1) is 23.0. The quantitative estimate of drug-likeness (QED) is 0.454. The predicted molar refractivity (Wildman–Crippen MR) is 119 cm³/mol. The zero-order chi connectivity index (χ0) is 23.1. The van der Waals surface area contributed by atoms with E-state index in [0.717, 1.165) is 6.07 Å². The molecule has 3 aromatic rings. The molecule has 0 atom stereocenters. The Morgan fingerprint density at radius 2 is 1.47 bits per heavy atom. The largest absolute Gasteiger partial charge is 0.350 e. The summed E-state index contributed by atoms with van der Waals surface area (Å²) in [5.74, 6) is -1.46. The number of hydrogen-bond acceptors (Lipinski definition) is 4. The van der Waals surface area contributed by atoms with Crippen molar-refractivity contribution in [3.05, 3.63) is 95.3 Å². The van der Waals surface area contributed by atoms with Crippen molar-refractivity contribution in [1.82, 2.24) is 10.6 Å². The minimum atomic E-state index is -4.10. The van der Waals surface area contributed by atoms with Crippen LogP contribution < -0.4 is 15.4 Å². The van der Waals surface area contributed by atoms with Crippen molar-refractivity contribution in [1.29, 1.82) is 0 Å². The summed E-state index contributed by atoms with van der Waals surface area (Å²) in [5.41, 5.74) is 1.06. The summed E-state index contributed by atoms with van der Waals surface area (Å²) in [6, 6.07) is 18.1. The van der Waals surface area contributed by atoms with E-state index in [4.69, 9.17) is 0 Å². The molecule has 0 saturated carbocycles. The molecule has 9 heteroatoms. The predicted octanol–water partition coefficient (Wildman–Crippen LogP) is 3.09. The van der Waals surface area contributed by atoms with Crippen LogP contribution in [-0.4, -0.2) is 33.3 Å². The summed E-state index contributed by atoms with van der Waals surface area (Å²) in [6.45, 7) is 2.03. The minimum absolute atomic E-state index is 0.154. The van der Waals surface area contributed by atoms with Crippen LogP contribution in [0.2, 0.25) is 0 Å². The molecular formula is C23H22FN3O4S. The number of sulfonamides is 1. The standard InChI is InChI=1S/C23H22FN3O4S/c1-16-11-12-18(32(30,31)27-21-10-6-5-9-20(21)24)15-19(16)23(29)26-14-13-25-22(28)17-7-3-2-4-8-17/h2-12,15,27H,13-14H2,1H3,(H,25,28)(H,26,29). The van der Waals surface area contributed by atoms with Crippen molar-refractivity contribution in [2.75, 3.05) is 17.8 Å². The lowest BCUT2D eigenvalue weighted by molar-refractivity contribution is 0.0927. The number of halogens is 1. The van der Waals surface area contributed by atoms with Gasteiger partial charge in [-0.25, -0.2) is 12.8 Å². The van der Waals surface area contributed by atoms with Gasteiger partial charge in [-0.15, -0.1) is 0 Å². The minimum Gasteiger partial charge on any atom is -0.350 e. The molecule has 3 rings (SSSR count). The van der Waals surface area contributed by atoms with Gasteiger partial charge in [0.05, 0.1) is 10.6 Å². The summed E-state index contributed by atoms with van der Waals surface area (Å²) in [6.07, 6.45) is 0. The molecule has 0 spiro atoms. The van der Waals surface area contributed by atoms with Crippen molar-refractivity contribution in [3.8, 4) is 0 Å². The summed E-state index contributed by atoms with van der Waals surface area (Å²) in [4.78, 5) is 24.4. The van der Waals surface area contributed by atoms with Crippen LogP contribution in [0.1, 0.15) is 26.3 Å². The lowest BCUT2D eigenvalue weighted by atomic mass is 10.1. The Balaban J connectivity index is 1.64. The maximum Gasteiger partial charge on any atom is 0.262 e. The van der Waals surface area contributed by atoms with E-state index < -0.39 is 21.7 Å². The molecular weight excluding hydrogens is 433 g/mol. The molecule has 0 fully saturated rings. The van der Waals surface area contributed by atoms with Crippen molar-refractivity contribution in [2.24, 2.45) is 0 Å². The lowest BCUT2D eigenvalue weighted by Gasteiger charge is -2.12. The third-order valence-electron chi connectivity index (χ3n) is 4.61. The van der Waals surface area contributed by atoms with Gasteiger partial charge in [-0.2, -0.15) is 0 Å². The number of rotatable bonds is 8. The first-order valence-corrected chi connectivity index (χ1v) is 11.3. The smallest absolute Gasteiger partial charge is 0.262 e. The molecule has 3 aromatic carbocycles. The summed E-state index contributed by atoms with van der Waals surface area (Å²) in [7, 11) is -4.10. The molecule has 0 aliphatic heterocycles. The maximum absolute atomic E-state index is 13.8. The summed E-state index contributed by atoms with van der Waals surface area (Å²) < 4.78 is 41.3. The van der Waals surface area contributed by atoms with E-state index in [2.05, 4.69) is 15.4 Å². The zero-order valence-electron chi connectivity index (χ0n) is 17.3. The number of nitrogens with one attached hydrogen (secondary N) is 3. The Morgan fingerprint density at radius 1 is 0.844 bits per heavy atom. The third kappa shape index (κ3) is 5.70. The zero-order valence-corrected chi connectivity index (χ0v) is 18.1. The number of para-hydroxylation sites is 1. The first-order valence-electron chi connectivity index (χ1n) is 9.77. The van der Waals surface area contributed by atoms with Gasteiger partial charge in [0.15, 0.2) is 0 Å². The van der Waals surface area contributed by atoms with Crippen LogP contribution in [0.15, 0.2) is 77.7 Å². The summed E-state index contributed by atoms with van der Waals surface area (Å²) in [5, 5.41) is 5.35. The van der Waals surface area contributed by atoms with Crippen molar-refractivity contribution in [2.45, 2.75) is 11.8 Å². The topological polar surface area (TPSA) is 104 Å². The Morgan fingerprint density at radius 3 is 2.16 bits per heavy atom. The molecule has 166 valence electrons. The highest BCUT2D eigenvalue weighted by atomic mass is 32.2. The molecule has 0 bridgehead atoms. The first-order chi connectivity index (χ1) is 15.3. The van der Waals surface area contributed by atoms with Crippen LogP contribution in [0.3, 0.4) is 0 Å². The van der Waals surface area contributed by atoms with Crippen LogP contribution in [0.4, 0.5) is 10.1 Å². The van der Waals surface area contributed by atoms with Crippen LogP contribution in [0.5, 0.6) is 0 Å². The highest BCUT2D eigenvalue weighted by molar-refractivity contribution is 7.92. The van der Waals surface area contributed by atoms with Gasteiger partial charge in [0.2, 0.25) is 0 Å². The number of aryl methyl sites for hydroxylation is 1. The summed E-state index contributed by atoms with van der Waals surface area (Å²) >= 11 is 0. The second-order valence-corrected chi connectivity index (χ2v) is 8.62. The molecule has 0 aliphatic carbocycles. The van der Waals surface area contributed by atoms with E-state index in [0.29, 0.717) is 11.1 Å². The number of carbonyl (C=O) groups excluding carboxylic acids is 2. The van der Waals surface area contributed by atoms with Crippen molar-refractivity contribution in [3.63, 3.8) is 0 Å². The number of amides is 2. The van der Waals surface area contributed by atoms with Gasteiger partial charge in [-0.3, -0.25) is 14.3 Å². The molecule has 3 N–H and O–H groups in total. The number of carbonyl (C=O) groups is 2. The van der Waals surface area contributed by atoms with Gasteiger partial charge in [0.1, 0.15) is 5.82 Å².